The van der Waals surface area contributed by atoms with Crippen LogP contribution >= 0.6 is 0 Å². The van der Waals surface area contributed by atoms with Crippen molar-refractivity contribution in [1.82, 2.24) is 30.0 Å². The van der Waals surface area contributed by atoms with Crippen molar-refractivity contribution in [3.05, 3.63) is 115 Å². The molecule has 31 nitrogen and oxygen atoms in total. The molecule has 2 aromatic heterocycles. The van der Waals surface area contributed by atoms with E-state index in [1.165, 1.54) is 39.8 Å². The highest BCUT2D eigenvalue weighted by Gasteiger charge is 2.37. The average Bonchev–Trinajstić information content (AvgIpc) is 1.73. The molecule has 0 bridgehead atoms. The van der Waals surface area contributed by atoms with Crippen LogP contribution in [0, 0.1) is 56.8 Å². The predicted octanol–water partition coefficient (Wildman–Crippen LogP) is 3.42. The molecule has 0 amide bonds. The number of aliphatic hydroxyl groups excluding tert-OH is 5. The van der Waals surface area contributed by atoms with E-state index in [9.17, 15) is 38.8 Å². The van der Waals surface area contributed by atoms with E-state index in [2.05, 4.69) is 77.3 Å². The van der Waals surface area contributed by atoms with Gasteiger partial charge in [-0.1, -0.05) is 73.0 Å². The zero-order chi connectivity index (χ0) is 75.9. The Morgan fingerprint density at radius 1 is 0.614 bits per heavy atom. The monoisotopic (exact) mass is 1450 g/mol. The van der Waals surface area contributed by atoms with Crippen molar-refractivity contribution >= 4 is 59.5 Å². The molecule has 5 fully saturated rings. The van der Waals surface area contributed by atoms with Crippen molar-refractivity contribution in [2.75, 3.05) is 79.4 Å². The van der Waals surface area contributed by atoms with E-state index in [1.54, 1.807) is 36.4 Å². The summed E-state index contributed by atoms with van der Waals surface area (Å²) < 4.78 is 142. The molecule has 10 radical (unpaired) electrons. The Morgan fingerprint density at radius 3 is 1.55 bits per heavy atom. The molecule has 0 aliphatic carbocycles. The number of azide groups is 3. The van der Waals surface area contributed by atoms with E-state index in [-0.39, 0.29) is 136 Å². The van der Waals surface area contributed by atoms with Gasteiger partial charge in [-0.15, -0.1) is 35.4 Å². The maximum Gasteiger partial charge on any atom is 0.297 e. The smallest absolute Gasteiger partial charge is 0.297 e. The molecule has 4 aromatic rings. The van der Waals surface area contributed by atoms with Crippen molar-refractivity contribution in [3.8, 4) is 37.0 Å². The van der Waals surface area contributed by atoms with Gasteiger partial charge in [0.2, 0.25) is 0 Å². The number of rotatable bonds is 21. The lowest BCUT2D eigenvalue weighted by molar-refractivity contribution is 0.0188. The number of nitrogens with zero attached hydrogens (tertiary/aromatic N) is 15. The molecule has 7 heterocycles. The Labute approximate surface area is 589 Å². The van der Waals surface area contributed by atoms with E-state index in [0.29, 0.717) is 31.4 Å². The topological polar surface area (TPSA) is 442 Å². The zero-order valence-corrected chi connectivity index (χ0v) is 56.8. The van der Waals surface area contributed by atoms with Crippen LogP contribution in [-0.2, 0) is 65.5 Å². The number of halogens is 5. The molecule has 101 heavy (non-hydrogen) atoms. The number of aryl methyl sites for hydroxylation is 3. The number of terminal acetylenes is 3. The maximum absolute atomic E-state index is 12.5. The first-order valence-electron chi connectivity index (χ1n) is 30.3. The molecule has 0 unspecified atom stereocenters. The first-order chi connectivity index (χ1) is 48.2. The minimum atomic E-state index is -3.74. The molecule has 5 aliphatic heterocycles. The molecule has 542 valence electrons. The van der Waals surface area contributed by atoms with E-state index < -0.39 is 89.4 Å². The van der Waals surface area contributed by atoms with Gasteiger partial charge in [0.15, 0.2) is 0 Å². The molecular formula is C58H77B5F5N15O16S2. The second-order valence-electron chi connectivity index (χ2n) is 21.1. The summed E-state index contributed by atoms with van der Waals surface area (Å²) in [5.74, 6) is 6.32. The Morgan fingerprint density at radius 2 is 1.11 bits per heavy atom. The first-order valence-corrected chi connectivity index (χ1v) is 33.1. The molecule has 5 saturated heterocycles. The summed E-state index contributed by atoms with van der Waals surface area (Å²) in [6.07, 6.45) is 16.9. The molecule has 15 atom stereocenters. The SMILES string of the molecule is C#CCOS(=O)(=O)c1ccc(C)cc1.C#CC[18F].Cc1ccc(S(=O)(=O)OCCN=[N+]=[N-])cc1.[B][C@H]1C[C@H](C#C)[C@@H](CO)O1.[B][C@H]1C[C@H](N=[N+]=[N-])[C@@H](CO)O1.[B][C@H]1C[C@H]([18F])[C@@H](CO)O1.[B][C@H]1C[C@H](c2cn(CC[18F])nn2)[C@@H](CO)O1.[B][C@H]1C[C@H](n2cc(C[18F])nn2)[C@@H](CO)O1.[N-]=[N+]=NCC[18F]. The lowest BCUT2D eigenvalue weighted by Crippen LogP contribution is -2.24. The fraction of sp³-hybridized carbons (Fsp3) is 0.621. The van der Waals surface area contributed by atoms with E-state index in [4.69, 9.17) is 118 Å². The quantitative estimate of drug-likeness (QED) is 0.0117. The maximum atomic E-state index is 12.5. The third-order valence-corrected chi connectivity index (χ3v) is 16.2. The summed E-state index contributed by atoms with van der Waals surface area (Å²) in [6.45, 7) is 0.412. The largest absolute Gasteiger partial charge is 0.394 e. The number of aromatic nitrogens is 6. The van der Waals surface area contributed by atoms with Gasteiger partial charge in [-0.05, 0) is 86.8 Å². The average molecular weight is 1450 g/mol. The van der Waals surface area contributed by atoms with Gasteiger partial charge in [0.25, 0.3) is 20.2 Å². The molecule has 5 aliphatic rings. The Bertz CT molecular complexity index is 3490. The fourth-order valence-electron chi connectivity index (χ4n) is 8.78. The third-order valence-electron chi connectivity index (χ3n) is 13.6. The third kappa shape index (κ3) is 35.5. The van der Waals surface area contributed by atoms with Crippen molar-refractivity contribution in [3.63, 3.8) is 0 Å². The van der Waals surface area contributed by atoms with Gasteiger partial charge in [0.05, 0.1) is 124 Å². The highest BCUT2D eigenvalue weighted by molar-refractivity contribution is 7.87. The normalized spacial score (nSPS) is 24.9. The standard InChI is InChI=1S/C10H10O3S.C9H13BFN3O2.C9H11N3O3S.C8H11BFN3O2.C7H9BO2.C5H8BFO2.C5H8BN3O2.C3H3F.C2H4FN3/c1-3-8-13-14(11,12)10-6-4-9(2)5-7-10;10-9-3-6(8(5-15)16-9)7-4-14(2-1-11)13-12-7;1-8-2-4-9(5-3-8)16(13,14)15-7-6-11-12-10;9-8-1-6(7(4-14)15-8)13-3-5(2-10)11-12-13;1-2-5-3-7(8)10-6(5)4-9;6-5-1-3(7)4(2-8)9-5;6-5-1-3(8-9-7)4(2-10)11-5;1-2-3-4;3-1-2-5-6-4/h1,4-7H,8H2,2H3;4,6,8-9,15H,1-3,5H2;2-5H,6-7H2,1H3;3,6-8,14H,1-2,4H2;1,5-7,9H,3-4H2;3-5,8H,1-2H2;3-5,10H,1-2H2;1H,3H2;1-2H2/t;6-,8-,9-;;6-,7+,8+;5-,6+,7+;2*3-,4+,5+;;/m.1.0000../s1/i;11-1;;10-1;;7-1;;4-1;3-1. The lowest BCUT2D eigenvalue weighted by Gasteiger charge is -2.15. The van der Waals surface area contributed by atoms with Crippen molar-refractivity contribution in [2.45, 2.75) is 154 Å². The molecular weight excluding hydrogens is 1370 g/mol. The Hall–Kier alpha value is -7.28. The molecule has 9 rings (SSSR count). The Balaban J connectivity index is 0.000000580. The number of ether oxygens (including phenoxy) is 5. The van der Waals surface area contributed by atoms with Crippen LogP contribution in [0.1, 0.15) is 66.6 Å². The van der Waals surface area contributed by atoms with Crippen LogP contribution < -0.4 is 0 Å². The van der Waals surface area contributed by atoms with Crippen molar-refractivity contribution < 1.29 is 96.4 Å². The number of alkyl halides is 5. The summed E-state index contributed by atoms with van der Waals surface area (Å²) in [5.41, 5.74) is 26.5. The van der Waals surface area contributed by atoms with Gasteiger partial charge in [-0.2, -0.15) is 16.8 Å². The van der Waals surface area contributed by atoms with Crippen LogP contribution in [0.25, 0.3) is 31.3 Å². The number of hydrogen-bond donors (Lipinski definition) is 5. The van der Waals surface area contributed by atoms with Crippen LogP contribution in [0.15, 0.2) is 86.1 Å². The summed E-state index contributed by atoms with van der Waals surface area (Å²) in [4.78, 5) is 7.65. The van der Waals surface area contributed by atoms with E-state index in [1.807, 2.05) is 13.8 Å². The van der Waals surface area contributed by atoms with E-state index in [0.717, 1.165) is 11.1 Å². The highest BCUT2D eigenvalue weighted by atomic mass is 32.2. The summed E-state index contributed by atoms with van der Waals surface area (Å²) >= 11 is 0. The summed E-state index contributed by atoms with van der Waals surface area (Å²) in [6, 6.07) is 10.2. The van der Waals surface area contributed by atoms with Crippen molar-refractivity contribution in [1.29, 1.82) is 0 Å². The second-order valence-corrected chi connectivity index (χ2v) is 24.3. The van der Waals surface area contributed by atoms with Crippen LogP contribution in [0.2, 0.25) is 0 Å². The van der Waals surface area contributed by atoms with Gasteiger partial charge < -0.3 is 49.2 Å². The molecule has 43 heteroatoms. The van der Waals surface area contributed by atoms with Gasteiger partial charge in [0.1, 0.15) is 89.9 Å². The van der Waals surface area contributed by atoms with Gasteiger partial charge in [-0.25, -0.2) is 26.9 Å². The first kappa shape index (κ1) is 91.7. The fourth-order valence-corrected chi connectivity index (χ4v) is 10.5. The molecule has 0 saturated carbocycles. The highest BCUT2D eigenvalue weighted by Crippen LogP contribution is 2.33. The van der Waals surface area contributed by atoms with Gasteiger partial charge in [0, 0.05) is 56.9 Å². The summed E-state index contributed by atoms with van der Waals surface area (Å²) in [7, 11) is 19.9. The second kappa shape index (κ2) is 51.8. The van der Waals surface area contributed by atoms with Gasteiger partial charge in [-0.3, -0.25) is 12.8 Å². The van der Waals surface area contributed by atoms with Crippen LogP contribution in [0.5, 0.6) is 0 Å². The molecule has 5 N–H and O–H groups in total. The van der Waals surface area contributed by atoms with Crippen molar-refractivity contribution in [2.24, 2.45) is 21.3 Å². The predicted molar refractivity (Wildman–Crippen MR) is 360 cm³/mol. The van der Waals surface area contributed by atoms with E-state index >= 15 is 0 Å². The van der Waals surface area contributed by atoms with Crippen LogP contribution in [0.4, 0.5) is 22.0 Å². The summed E-state index contributed by atoms with van der Waals surface area (Å²) in [5, 5.41) is 68.7. The number of benzene rings is 2. The zero-order valence-electron chi connectivity index (χ0n) is 55.1. The Kier molecular flexibility index (Phi) is 47.0. The molecule has 2 aromatic carbocycles. The van der Waals surface area contributed by atoms with Gasteiger partial charge >= 0.3 is 0 Å². The number of hydrogen-bond acceptors (Lipinski definition) is 23. The minimum absolute atomic E-state index is 0.0123. The molecule has 0 spiro atoms. The lowest BCUT2D eigenvalue weighted by atomic mass is 9.89. The van der Waals surface area contributed by atoms with Crippen LogP contribution in [-0.4, -0.2) is 264 Å². The minimum Gasteiger partial charge on any atom is -0.394 e. The van der Waals surface area contributed by atoms with Crippen LogP contribution in [0.3, 0.4) is 0 Å². The number of aliphatic hydroxyl groups is 5.